The highest BCUT2D eigenvalue weighted by atomic mass is 16.2. The van der Waals surface area contributed by atoms with E-state index in [-0.39, 0.29) is 54.9 Å². The van der Waals surface area contributed by atoms with Crippen LogP contribution in [0.1, 0.15) is 139 Å². The maximum Gasteiger partial charge on any atom is 0.315 e. The third-order valence-electron chi connectivity index (χ3n) is 11.3. The number of hydrogen-bond acceptors (Lipinski definition) is 7. The highest BCUT2D eigenvalue weighted by Crippen LogP contribution is 2.35. The summed E-state index contributed by atoms with van der Waals surface area (Å²) in [5, 5.41) is 11.5. The number of urea groups is 1. The van der Waals surface area contributed by atoms with Gasteiger partial charge < -0.3 is 26.2 Å². The van der Waals surface area contributed by atoms with Crippen LogP contribution in [-0.4, -0.2) is 95.0 Å². The molecule has 5 atom stereocenters. The summed E-state index contributed by atoms with van der Waals surface area (Å²) in [6.45, 7) is 18.1. The zero-order chi connectivity index (χ0) is 39.7. The normalized spacial score (nSPS) is 22.6. The van der Waals surface area contributed by atoms with Gasteiger partial charge in [-0.2, -0.15) is 0 Å². The number of carbonyl (C=O) groups is 7. The summed E-state index contributed by atoms with van der Waals surface area (Å²) >= 11 is 0. The largest absolute Gasteiger partial charge is 0.349 e. The van der Waals surface area contributed by atoms with Gasteiger partial charge in [-0.1, -0.05) is 94.4 Å². The van der Waals surface area contributed by atoms with Gasteiger partial charge in [0, 0.05) is 32.5 Å². The number of imide groups is 1. The predicted octanol–water partition coefficient (Wildman–Crippen LogP) is 4.47. The first-order valence-corrected chi connectivity index (χ1v) is 20.1. The maximum absolute atomic E-state index is 14.7. The standard InChI is InChI=1S/C40H68N6O7/c1-10-12-18-28(34(49)36(51)41-20-11-2)42-35(50)33-27(25(3)4)19-21-45(33)37(52)32(26-16-14-13-15-17-26)44-38(53)43-29(39(5,6)7)24-46-30(47)22-40(8,9)23-31(46)48/h25-29,32-33H,10-24H2,1-9H3,(H,41,51)(H,42,50)(H2,43,44,53)/t27?,28?,29-,32+,33+/m1/s1. The number of amides is 7. The van der Waals surface area contributed by atoms with Crippen LogP contribution < -0.4 is 21.3 Å². The number of piperidine rings is 1. The Morgan fingerprint density at radius 1 is 0.868 bits per heavy atom. The molecule has 2 aliphatic heterocycles. The highest BCUT2D eigenvalue weighted by molar-refractivity contribution is 6.38. The van der Waals surface area contributed by atoms with E-state index >= 15 is 0 Å². The minimum atomic E-state index is -1.01. The number of nitrogens with one attached hydrogen (secondary N) is 4. The van der Waals surface area contributed by atoms with Gasteiger partial charge in [-0.3, -0.25) is 33.7 Å². The van der Waals surface area contributed by atoms with Gasteiger partial charge >= 0.3 is 6.03 Å². The molecule has 0 spiro atoms. The number of ketones is 1. The Morgan fingerprint density at radius 2 is 1.49 bits per heavy atom. The van der Waals surface area contributed by atoms with Gasteiger partial charge in [0.25, 0.3) is 5.91 Å². The van der Waals surface area contributed by atoms with Gasteiger partial charge in [0.1, 0.15) is 12.1 Å². The van der Waals surface area contributed by atoms with Gasteiger partial charge in [-0.25, -0.2) is 4.79 Å². The zero-order valence-corrected chi connectivity index (χ0v) is 33.9. The lowest BCUT2D eigenvalue weighted by molar-refractivity contribution is -0.153. The van der Waals surface area contributed by atoms with Crippen LogP contribution in [0.4, 0.5) is 4.79 Å². The van der Waals surface area contributed by atoms with Crippen molar-refractivity contribution in [3.63, 3.8) is 0 Å². The number of carbonyl (C=O) groups excluding carboxylic acids is 7. The summed E-state index contributed by atoms with van der Waals surface area (Å²) in [5.41, 5.74) is -0.953. The van der Waals surface area contributed by atoms with E-state index < -0.39 is 58.6 Å². The maximum atomic E-state index is 14.7. The van der Waals surface area contributed by atoms with Gasteiger partial charge in [-0.05, 0) is 60.7 Å². The predicted molar refractivity (Wildman–Crippen MR) is 203 cm³/mol. The topological polar surface area (TPSA) is 174 Å². The first kappa shape index (κ1) is 43.9. The summed E-state index contributed by atoms with van der Waals surface area (Å²) in [6, 6.07) is -3.97. The lowest BCUT2D eigenvalue weighted by Crippen LogP contribution is -2.62. The van der Waals surface area contributed by atoms with Gasteiger partial charge in [0.2, 0.25) is 29.4 Å². The van der Waals surface area contributed by atoms with Crippen molar-refractivity contribution in [1.29, 1.82) is 0 Å². The van der Waals surface area contributed by atoms with Crippen LogP contribution >= 0.6 is 0 Å². The van der Waals surface area contributed by atoms with Crippen LogP contribution in [0.2, 0.25) is 0 Å². The minimum absolute atomic E-state index is 0.0194. The molecule has 2 unspecified atom stereocenters. The molecule has 3 fully saturated rings. The molecule has 0 aromatic carbocycles. The van der Waals surface area contributed by atoms with E-state index in [1.807, 2.05) is 62.3 Å². The van der Waals surface area contributed by atoms with Crippen molar-refractivity contribution in [2.24, 2.45) is 28.6 Å². The van der Waals surface area contributed by atoms with E-state index in [0.29, 0.717) is 38.8 Å². The molecule has 0 bridgehead atoms. The molecule has 1 saturated carbocycles. The van der Waals surface area contributed by atoms with E-state index in [1.54, 1.807) is 4.90 Å². The number of nitrogens with zero attached hydrogens (tertiary/aromatic N) is 2. The first-order valence-electron chi connectivity index (χ1n) is 20.1. The molecular weight excluding hydrogens is 676 g/mol. The van der Waals surface area contributed by atoms with Crippen LogP contribution in [0.25, 0.3) is 0 Å². The number of unbranched alkanes of at least 4 members (excludes halogenated alkanes) is 1. The SMILES string of the molecule is CCCCC(NC(=O)[C@@H]1C(C(C)C)CCN1C(=O)[C@@H](NC(=O)N[C@H](CN1C(=O)CC(C)(C)CC1=O)C(C)(C)C)C1CCCCC1)C(=O)C(=O)NCCC. The van der Waals surface area contributed by atoms with Gasteiger partial charge in [0.05, 0.1) is 12.1 Å². The summed E-state index contributed by atoms with van der Waals surface area (Å²) < 4.78 is 0. The molecule has 1 aliphatic carbocycles. The van der Waals surface area contributed by atoms with Crippen LogP contribution in [0, 0.1) is 28.6 Å². The minimum Gasteiger partial charge on any atom is -0.349 e. The number of rotatable bonds is 16. The van der Waals surface area contributed by atoms with Crippen molar-refractivity contribution in [1.82, 2.24) is 31.1 Å². The van der Waals surface area contributed by atoms with E-state index in [4.69, 9.17) is 0 Å². The fourth-order valence-corrected chi connectivity index (χ4v) is 8.02. The summed E-state index contributed by atoms with van der Waals surface area (Å²) in [6.07, 6.45) is 7.78. The third kappa shape index (κ3) is 12.0. The molecule has 7 amide bonds. The molecule has 53 heavy (non-hydrogen) atoms. The molecule has 13 nitrogen and oxygen atoms in total. The highest BCUT2D eigenvalue weighted by Gasteiger charge is 2.47. The first-order chi connectivity index (χ1) is 24.8. The Morgan fingerprint density at radius 3 is 2.04 bits per heavy atom. The smallest absolute Gasteiger partial charge is 0.315 e. The van der Waals surface area contributed by atoms with Crippen LogP contribution in [0.15, 0.2) is 0 Å². The van der Waals surface area contributed by atoms with E-state index in [9.17, 15) is 33.6 Å². The van der Waals surface area contributed by atoms with Gasteiger partial charge in [0.15, 0.2) is 0 Å². The molecule has 0 aromatic rings. The summed E-state index contributed by atoms with van der Waals surface area (Å²) in [4.78, 5) is 97.6. The van der Waals surface area contributed by atoms with Crippen LogP contribution in [0.3, 0.4) is 0 Å². The second-order valence-electron chi connectivity index (χ2n) is 17.8. The van der Waals surface area contributed by atoms with Crippen molar-refractivity contribution < 1.29 is 33.6 Å². The lowest BCUT2D eigenvalue weighted by atomic mass is 9.80. The molecule has 3 rings (SSSR count). The molecule has 2 saturated heterocycles. The number of likely N-dealkylation sites (tertiary alicyclic amines) is 2. The Kier molecular flexibility index (Phi) is 15.9. The van der Waals surface area contributed by atoms with Crippen LogP contribution in [-0.2, 0) is 28.8 Å². The zero-order valence-electron chi connectivity index (χ0n) is 33.9. The second-order valence-corrected chi connectivity index (χ2v) is 17.8. The van der Waals surface area contributed by atoms with Crippen LogP contribution in [0.5, 0.6) is 0 Å². The van der Waals surface area contributed by atoms with E-state index in [2.05, 4.69) is 21.3 Å². The Labute approximate surface area is 317 Å². The van der Waals surface area contributed by atoms with Crippen molar-refractivity contribution in [3.8, 4) is 0 Å². The molecular formula is C40H68N6O7. The Hall–Kier alpha value is -3.51. The molecule has 0 aromatic heterocycles. The van der Waals surface area contributed by atoms with Crippen molar-refractivity contribution in [2.75, 3.05) is 19.6 Å². The molecule has 0 radical (unpaired) electrons. The van der Waals surface area contributed by atoms with E-state index in [0.717, 1.165) is 38.5 Å². The average molecular weight is 745 g/mol. The van der Waals surface area contributed by atoms with Crippen molar-refractivity contribution >= 4 is 41.4 Å². The van der Waals surface area contributed by atoms with Crippen molar-refractivity contribution in [2.45, 2.75) is 164 Å². The lowest BCUT2D eigenvalue weighted by Gasteiger charge is -2.40. The quantitative estimate of drug-likeness (QED) is 0.133. The van der Waals surface area contributed by atoms with Crippen molar-refractivity contribution in [3.05, 3.63) is 0 Å². The van der Waals surface area contributed by atoms with Gasteiger partial charge in [-0.15, -0.1) is 0 Å². The fourth-order valence-electron chi connectivity index (χ4n) is 8.02. The fraction of sp³-hybridized carbons (Fsp3) is 0.825. The Balaban J connectivity index is 1.87. The second kappa shape index (κ2) is 19.2. The average Bonchev–Trinajstić information content (AvgIpc) is 3.54. The number of hydrogen-bond donors (Lipinski definition) is 4. The monoisotopic (exact) mass is 745 g/mol. The van der Waals surface area contributed by atoms with E-state index in [1.165, 1.54) is 4.90 Å². The number of Topliss-reactive ketones (excluding diaryl/α,β-unsaturated/α-hetero) is 1. The Bertz CT molecular complexity index is 1310. The molecule has 300 valence electrons. The molecule has 3 aliphatic rings. The molecule has 2 heterocycles. The summed E-state index contributed by atoms with van der Waals surface area (Å²) in [7, 11) is 0. The molecule has 13 heteroatoms. The summed E-state index contributed by atoms with van der Waals surface area (Å²) in [5.74, 6) is -3.06. The third-order valence-corrected chi connectivity index (χ3v) is 11.3. The molecule has 4 N–H and O–H groups in total.